The SMILES string of the molecule is NCCC=Cc1ccc(CO)cc1. The molecular formula is C11H15NO. The molecule has 1 aromatic carbocycles. The average molecular weight is 177 g/mol. The summed E-state index contributed by atoms with van der Waals surface area (Å²) in [7, 11) is 0. The molecule has 0 fully saturated rings. The third-order valence-corrected chi connectivity index (χ3v) is 1.81. The Bertz CT molecular complexity index is 264. The van der Waals surface area contributed by atoms with Gasteiger partial charge in [0, 0.05) is 0 Å². The summed E-state index contributed by atoms with van der Waals surface area (Å²) in [4.78, 5) is 0. The molecule has 0 aliphatic heterocycles. The van der Waals surface area contributed by atoms with Crippen molar-refractivity contribution in [3.8, 4) is 0 Å². The molecule has 1 aromatic rings. The second-order valence-electron chi connectivity index (χ2n) is 2.88. The standard InChI is InChI=1S/C11H15NO/c12-8-2-1-3-10-4-6-11(9-13)7-5-10/h1,3-7,13H,2,8-9,12H2. The third-order valence-electron chi connectivity index (χ3n) is 1.81. The van der Waals surface area contributed by atoms with E-state index in [4.69, 9.17) is 10.8 Å². The van der Waals surface area contributed by atoms with Gasteiger partial charge in [-0.05, 0) is 24.1 Å². The molecule has 0 heterocycles. The Balaban J connectivity index is 2.58. The van der Waals surface area contributed by atoms with Crippen LogP contribution in [0.3, 0.4) is 0 Å². The van der Waals surface area contributed by atoms with Crippen LogP contribution in [-0.2, 0) is 6.61 Å². The minimum Gasteiger partial charge on any atom is -0.392 e. The normalized spacial score (nSPS) is 10.9. The second-order valence-corrected chi connectivity index (χ2v) is 2.88. The first-order valence-corrected chi connectivity index (χ1v) is 4.43. The van der Waals surface area contributed by atoms with E-state index in [1.54, 1.807) is 0 Å². The number of aliphatic hydroxyl groups excluding tert-OH is 1. The monoisotopic (exact) mass is 177 g/mol. The van der Waals surface area contributed by atoms with Crippen molar-refractivity contribution < 1.29 is 5.11 Å². The molecule has 0 aliphatic carbocycles. The number of hydrogen-bond donors (Lipinski definition) is 2. The summed E-state index contributed by atoms with van der Waals surface area (Å²) in [6.45, 7) is 0.790. The van der Waals surface area contributed by atoms with Gasteiger partial charge in [-0.15, -0.1) is 0 Å². The Morgan fingerprint density at radius 1 is 1.23 bits per heavy atom. The average Bonchev–Trinajstić information content (AvgIpc) is 2.19. The van der Waals surface area contributed by atoms with Crippen LogP contribution in [0, 0.1) is 0 Å². The Morgan fingerprint density at radius 2 is 1.92 bits per heavy atom. The highest BCUT2D eigenvalue weighted by molar-refractivity contribution is 5.49. The molecule has 13 heavy (non-hydrogen) atoms. The van der Waals surface area contributed by atoms with Crippen LogP contribution in [0.15, 0.2) is 30.3 Å². The molecule has 0 radical (unpaired) electrons. The van der Waals surface area contributed by atoms with Gasteiger partial charge in [0.25, 0.3) is 0 Å². The highest BCUT2D eigenvalue weighted by Crippen LogP contribution is 2.06. The largest absolute Gasteiger partial charge is 0.392 e. The predicted octanol–water partition coefficient (Wildman–Crippen LogP) is 1.54. The Morgan fingerprint density at radius 3 is 2.46 bits per heavy atom. The minimum atomic E-state index is 0.104. The quantitative estimate of drug-likeness (QED) is 0.732. The molecule has 0 saturated heterocycles. The van der Waals surface area contributed by atoms with E-state index in [0.29, 0.717) is 6.54 Å². The van der Waals surface area contributed by atoms with Crippen LogP contribution in [0.1, 0.15) is 17.5 Å². The molecule has 3 N–H and O–H groups in total. The topological polar surface area (TPSA) is 46.2 Å². The smallest absolute Gasteiger partial charge is 0.0681 e. The molecule has 0 saturated carbocycles. The van der Waals surface area contributed by atoms with Crippen molar-refractivity contribution in [1.29, 1.82) is 0 Å². The van der Waals surface area contributed by atoms with E-state index in [9.17, 15) is 0 Å². The number of rotatable bonds is 4. The van der Waals surface area contributed by atoms with Crippen LogP contribution in [0.5, 0.6) is 0 Å². The number of benzene rings is 1. The lowest BCUT2D eigenvalue weighted by Gasteiger charge is -1.96. The summed E-state index contributed by atoms with van der Waals surface area (Å²) >= 11 is 0. The predicted molar refractivity (Wildman–Crippen MR) is 55.1 cm³/mol. The van der Waals surface area contributed by atoms with Crippen LogP contribution >= 0.6 is 0 Å². The van der Waals surface area contributed by atoms with Gasteiger partial charge in [0.15, 0.2) is 0 Å². The molecule has 2 nitrogen and oxygen atoms in total. The first-order valence-electron chi connectivity index (χ1n) is 4.43. The maximum Gasteiger partial charge on any atom is 0.0681 e. The highest BCUT2D eigenvalue weighted by Gasteiger charge is 1.88. The summed E-state index contributed by atoms with van der Waals surface area (Å²) in [6, 6.07) is 7.81. The van der Waals surface area contributed by atoms with E-state index in [0.717, 1.165) is 17.5 Å². The Kier molecular flexibility index (Phi) is 4.23. The zero-order valence-electron chi connectivity index (χ0n) is 7.61. The summed E-state index contributed by atoms with van der Waals surface area (Å²) in [6.07, 6.45) is 4.99. The van der Waals surface area contributed by atoms with Crippen molar-refractivity contribution in [2.45, 2.75) is 13.0 Å². The first kappa shape index (κ1) is 9.96. The number of nitrogens with two attached hydrogens (primary N) is 1. The fraction of sp³-hybridized carbons (Fsp3) is 0.273. The van der Waals surface area contributed by atoms with Crippen LogP contribution in [0.2, 0.25) is 0 Å². The van der Waals surface area contributed by atoms with Gasteiger partial charge >= 0.3 is 0 Å². The van der Waals surface area contributed by atoms with E-state index >= 15 is 0 Å². The molecule has 70 valence electrons. The van der Waals surface area contributed by atoms with Gasteiger partial charge in [-0.3, -0.25) is 0 Å². The molecule has 0 aromatic heterocycles. The molecule has 0 amide bonds. The summed E-state index contributed by atoms with van der Waals surface area (Å²) in [5.74, 6) is 0. The van der Waals surface area contributed by atoms with E-state index in [1.165, 1.54) is 0 Å². The van der Waals surface area contributed by atoms with Crippen molar-refractivity contribution in [1.82, 2.24) is 0 Å². The maximum atomic E-state index is 8.81. The van der Waals surface area contributed by atoms with Gasteiger partial charge in [-0.25, -0.2) is 0 Å². The van der Waals surface area contributed by atoms with Crippen molar-refractivity contribution in [3.63, 3.8) is 0 Å². The summed E-state index contributed by atoms with van der Waals surface area (Å²) in [5.41, 5.74) is 7.44. The fourth-order valence-electron chi connectivity index (χ4n) is 1.05. The van der Waals surface area contributed by atoms with E-state index in [-0.39, 0.29) is 6.61 Å². The van der Waals surface area contributed by atoms with Gasteiger partial charge in [-0.2, -0.15) is 0 Å². The van der Waals surface area contributed by atoms with Gasteiger partial charge in [-0.1, -0.05) is 36.4 Å². The minimum absolute atomic E-state index is 0.104. The van der Waals surface area contributed by atoms with Crippen molar-refractivity contribution in [3.05, 3.63) is 41.5 Å². The van der Waals surface area contributed by atoms with Crippen LogP contribution in [0.4, 0.5) is 0 Å². The molecule has 0 spiro atoms. The lowest BCUT2D eigenvalue weighted by Crippen LogP contribution is -1.94. The first-order chi connectivity index (χ1) is 6.36. The third kappa shape index (κ3) is 3.40. The molecule has 0 unspecified atom stereocenters. The number of aliphatic hydroxyl groups is 1. The lowest BCUT2D eigenvalue weighted by atomic mass is 10.1. The number of hydrogen-bond acceptors (Lipinski definition) is 2. The van der Waals surface area contributed by atoms with E-state index in [2.05, 4.69) is 0 Å². The fourth-order valence-corrected chi connectivity index (χ4v) is 1.05. The maximum absolute atomic E-state index is 8.81. The van der Waals surface area contributed by atoms with Crippen molar-refractivity contribution in [2.24, 2.45) is 5.73 Å². The van der Waals surface area contributed by atoms with Gasteiger partial charge in [0.1, 0.15) is 0 Å². The van der Waals surface area contributed by atoms with E-state index in [1.807, 2.05) is 36.4 Å². The molecule has 0 aliphatic rings. The van der Waals surface area contributed by atoms with Crippen molar-refractivity contribution >= 4 is 6.08 Å². The highest BCUT2D eigenvalue weighted by atomic mass is 16.3. The zero-order valence-corrected chi connectivity index (χ0v) is 7.61. The molecule has 2 heteroatoms. The lowest BCUT2D eigenvalue weighted by molar-refractivity contribution is 0.282. The summed E-state index contributed by atoms with van der Waals surface area (Å²) in [5, 5.41) is 8.81. The Labute approximate surface area is 78.7 Å². The van der Waals surface area contributed by atoms with Gasteiger partial charge in [0.05, 0.1) is 6.61 Å². The second kappa shape index (κ2) is 5.51. The van der Waals surface area contributed by atoms with Crippen LogP contribution in [0.25, 0.3) is 6.08 Å². The molecule has 0 atom stereocenters. The van der Waals surface area contributed by atoms with Crippen molar-refractivity contribution in [2.75, 3.05) is 6.54 Å². The molecular weight excluding hydrogens is 162 g/mol. The Hall–Kier alpha value is -1.12. The van der Waals surface area contributed by atoms with Gasteiger partial charge < -0.3 is 10.8 Å². The van der Waals surface area contributed by atoms with Gasteiger partial charge in [0.2, 0.25) is 0 Å². The molecule has 1 rings (SSSR count). The van der Waals surface area contributed by atoms with Crippen LogP contribution in [-0.4, -0.2) is 11.7 Å². The zero-order chi connectivity index (χ0) is 9.52. The van der Waals surface area contributed by atoms with Crippen LogP contribution < -0.4 is 5.73 Å². The van der Waals surface area contributed by atoms with E-state index < -0.39 is 0 Å². The summed E-state index contributed by atoms with van der Waals surface area (Å²) < 4.78 is 0. The molecule has 0 bridgehead atoms.